The molecule has 0 saturated carbocycles. The molecule has 23 heavy (non-hydrogen) atoms. The van der Waals surface area contributed by atoms with Crippen LogP contribution in [-0.4, -0.2) is 18.6 Å². The fourth-order valence-electron chi connectivity index (χ4n) is 1.94. The third-order valence-corrected chi connectivity index (χ3v) is 3.46. The van der Waals surface area contributed by atoms with Gasteiger partial charge in [0.25, 0.3) is 5.91 Å². The van der Waals surface area contributed by atoms with E-state index in [1.54, 1.807) is 12.1 Å². The summed E-state index contributed by atoms with van der Waals surface area (Å²) in [4.78, 5) is 11.7. The summed E-state index contributed by atoms with van der Waals surface area (Å²) < 4.78 is 11.2. The van der Waals surface area contributed by atoms with Gasteiger partial charge in [-0.3, -0.25) is 4.79 Å². The lowest BCUT2D eigenvalue weighted by atomic mass is 10.2. The van der Waals surface area contributed by atoms with Crippen LogP contribution in [0.1, 0.15) is 25.8 Å². The van der Waals surface area contributed by atoms with Gasteiger partial charge in [-0.25, -0.2) is 0 Å². The van der Waals surface area contributed by atoms with E-state index < -0.39 is 0 Å². The highest BCUT2D eigenvalue weighted by Crippen LogP contribution is 2.18. The highest BCUT2D eigenvalue weighted by atomic mass is 16.5. The number of nitrogens with one attached hydrogen (secondary N) is 1. The van der Waals surface area contributed by atoms with Crippen molar-refractivity contribution >= 4 is 5.91 Å². The number of rotatable bonds is 8. The van der Waals surface area contributed by atoms with Crippen LogP contribution < -0.4 is 14.8 Å². The van der Waals surface area contributed by atoms with E-state index in [0.29, 0.717) is 12.4 Å². The maximum Gasteiger partial charge on any atom is 0.258 e. The number of hydrogen-bond donors (Lipinski definition) is 1. The minimum Gasteiger partial charge on any atom is -0.489 e. The highest BCUT2D eigenvalue weighted by Gasteiger charge is 2.06. The molecule has 0 aromatic heterocycles. The second kappa shape index (κ2) is 8.83. The second-order valence-electron chi connectivity index (χ2n) is 5.41. The second-order valence-corrected chi connectivity index (χ2v) is 5.41. The van der Waals surface area contributed by atoms with Gasteiger partial charge in [0.05, 0.1) is 0 Å². The van der Waals surface area contributed by atoms with Crippen LogP contribution in [0.3, 0.4) is 0 Å². The first-order valence-corrected chi connectivity index (χ1v) is 7.86. The third-order valence-electron chi connectivity index (χ3n) is 3.46. The van der Waals surface area contributed by atoms with Crippen molar-refractivity contribution in [3.8, 4) is 11.5 Å². The molecule has 4 nitrogen and oxygen atoms in total. The number of benzene rings is 2. The first kappa shape index (κ1) is 16.9. The normalized spacial score (nSPS) is 11.6. The lowest BCUT2D eigenvalue weighted by Crippen LogP contribution is -2.35. The zero-order valence-corrected chi connectivity index (χ0v) is 13.6. The van der Waals surface area contributed by atoms with Gasteiger partial charge in [-0.15, -0.1) is 0 Å². The van der Waals surface area contributed by atoms with E-state index in [2.05, 4.69) is 5.32 Å². The lowest BCUT2D eigenvalue weighted by molar-refractivity contribution is -0.123. The monoisotopic (exact) mass is 313 g/mol. The third kappa shape index (κ3) is 6.02. The quantitative estimate of drug-likeness (QED) is 0.810. The Morgan fingerprint density at radius 3 is 2.22 bits per heavy atom. The molecule has 122 valence electrons. The van der Waals surface area contributed by atoms with Crippen LogP contribution in [0.2, 0.25) is 0 Å². The van der Waals surface area contributed by atoms with Crippen molar-refractivity contribution in [3.05, 3.63) is 60.2 Å². The van der Waals surface area contributed by atoms with Gasteiger partial charge in [0.2, 0.25) is 0 Å². The Balaban J connectivity index is 1.77. The zero-order valence-electron chi connectivity index (χ0n) is 13.6. The average molecular weight is 313 g/mol. The Labute approximate surface area is 137 Å². The predicted molar refractivity (Wildman–Crippen MR) is 90.6 cm³/mol. The van der Waals surface area contributed by atoms with Crippen molar-refractivity contribution in [2.75, 3.05) is 6.61 Å². The Morgan fingerprint density at radius 1 is 1.00 bits per heavy atom. The van der Waals surface area contributed by atoms with Crippen LogP contribution in [0.4, 0.5) is 0 Å². The summed E-state index contributed by atoms with van der Waals surface area (Å²) in [6.07, 6.45) is 0.902. The molecule has 0 aliphatic rings. The summed E-state index contributed by atoms with van der Waals surface area (Å²) in [5.41, 5.74) is 1.12. The molecule has 0 aliphatic carbocycles. The molecule has 0 bridgehead atoms. The van der Waals surface area contributed by atoms with Crippen molar-refractivity contribution < 1.29 is 14.3 Å². The molecule has 0 aliphatic heterocycles. The minimum absolute atomic E-state index is 0.0224. The van der Waals surface area contributed by atoms with E-state index in [4.69, 9.17) is 9.47 Å². The first-order valence-electron chi connectivity index (χ1n) is 7.86. The number of amides is 1. The molecule has 0 spiro atoms. The summed E-state index contributed by atoms with van der Waals surface area (Å²) >= 11 is 0. The molecule has 0 unspecified atom stereocenters. The number of carbonyl (C=O) groups excluding carboxylic acids is 1. The van der Waals surface area contributed by atoms with E-state index >= 15 is 0 Å². The molecule has 0 saturated heterocycles. The van der Waals surface area contributed by atoms with E-state index in [0.717, 1.165) is 17.7 Å². The fourth-order valence-corrected chi connectivity index (χ4v) is 1.94. The maximum absolute atomic E-state index is 11.7. The Morgan fingerprint density at radius 2 is 1.61 bits per heavy atom. The van der Waals surface area contributed by atoms with Gasteiger partial charge in [-0.05, 0) is 43.2 Å². The van der Waals surface area contributed by atoms with Gasteiger partial charge in [0.15, 0.2) is 6.61 Å². The average Bonchev–Trinajstić information content (AvgIpc) is 2.60. The molecule has 2 aromatic rings. The maximum atomic E-state index is 11.7. The predicted octanol–water partition coefficient (Wildman–Crippen LogP) is 3.56. The van der Waals surface area contributed by atoms with Gasteiger partial charge in [0, 0.05) is 6.04 Å². The molecular weight excluding hydrogens is 290 g/mol. The van der Waals surface area contributed by atoms with Gasteiger partial charge in [0.1, 0.15) is 18.1 Å². The molecule has 0 radical (unpaired) electrons. The molecule has 0 fully saturated rings. The van der Waals surface area contributed by atoms with E-state index in [1.807, 2.05) is 56.3 Å². The Hall–Kier alpha value is -2.49. The van der Waals surface area contributed by atoms with Gasteiger partial charge >= 0.3 is 0 Å². The standard InChI is InChI=1S/C19H23NO3/c1-3-15(2)20-19(21)14-23-18-11-9-17(10-12-18)22-13-16-7-5-4-6-8-16/h4-12,15H,3,13-14H2,1-2H3,(H,20,21)/t15-/m1/s1. The lowest BCUT2D eigenvalue weighted by Gasteiger charge is -2.12. The summed E-state index contributed by atoms with van der Waals surface area (Å²) in [7, 11) is 0. The molecule has 1 N–H and O–H groups in total. The first-order chi connectivity index (χ1) is 11.2. The number of carbonyl (C=O) groups is 1. The molecule has 1 atom stereocenters. The van der Waals surface area contributed by atoms with Gasteiger partial charge in [-0.1, -0.05) is 37.3 Å². The van der Waals surface area contributed by atoms with E-state index in [1.165, 1.54) is 0 Å². The Bertz CT molecular complexity index is 596. The largest absolute Gasteiger partial charge is 0.489 e. The van der Waals surface area contributed by atoms with Crippen molar-refractivity contribution in [2.45, 2.75) is 32.9 Å². The topological polar surface area (TPSA) is 47.6 Å². The van der Waals surface area contributed by atoms with Crippen molar-refractivity contribution in [1.82, 2.24) is 5.32 Å². The molecule has 2 rings (SSSR count). The molecule has 4 heteroatoms. The smallest absolute Gasteiger partial charge is 0.258 e. The summed E-state index contributed by atoms with van der Waals surface area (Å²) in [6.45, 7) is 4.55. The molecule has 2 aromatic carbocycles. The minimum atomic E-state index is -0.108. The van der Waals surface area contributed by atoms with Gasteiger partial charge < -0.3 is 14.8 Å². The van der Waals surface area contributed by atoms with Crippen LogP contribution in [0.25, 0.3) is 0 Å². The van der Waals surface area contributed by atoms with Crippen LogP contribution in [0.15, 0.2) is 54.6 Å². The molecule has 0 heterocycles. The van der Waals surface area contributed by atoms with Crippen molar-refractivity contribution in [1.29, 1.82) is 0 Å². The molecular formula is C19H23NO3. The van der Waals surface area contributed by atoms with Crippen LogP contribution in [0, 0.1) is 0 Å². The van der Waals surface area contributed by atoms with Crippen LogP contribution in [0.5, 0.6) is 11.5 Å². The van der Waals surface area contributed by atoms with Crippen molar-refractivity contribution in [2.24, 2.45) is 0 Å². The fraction of sp³-hybridized carbons (Fsp3) is 0.316. The Kier molecular flexibility index (Phi) is 6.48. The highest BCUT2D eigenvalue weighted by molar-refractivity contribution is 5.77. The van der Waals surface area contributed by atoms with E-state index in [-0.39, 0.29) is 18.6 Å². The van der Waals surface area contributed by atoms with Crippen molar-refractivity contribution in [3.63, 3.8) is 0 Å². The van der Waals surface area contributed by atoms with Crippen LogP contribution in [-0.2, 0) is 11.4 Å². The number of hydrogen-bond acceptors (Lipinski definition) is 3. The molecule has 1 amide bonds. The van der Waals surface area contributed by atoms with Crippen LogP contribution >= 0.6 is 0 Å². The summed E-state index contributed by atoms with van der Waals surface area (Å²) in [6, 6.07) is 17.4. The SMILES string of the molecule is CC[C@@H](C)NC(=O)COc1ccc(OCc2ccccc2)cc1. The summed E-state index contributed by atoms with van der Waals surface area (Å²) in [5, 5.41) is 2.86. The van der Waals surface area contributed by atoms with E-state index in [9.17, 15) is 4.79 Å². The number of ether oxygens (including phenoxy) is 2. The summed E-state index contributed by atoms with van der Waals surface area (Å²) in [5.74, 6) is 1.31. The van der Waals surface area contributed by atoms with Gasteiger partial charge in [-0.2, -0.15) is 0 Å². The zero-order chi connectivity index (χ0) is 16.5.